The minimum atomic E-state index is -0.570. The minimum Gasteiger partial charge on any atom is -0.490 e. The first-order valence-electron chi connectivity index (χ1n) is 10.4. The van der Waals surface area contributed by atoms with Crippen LogP contribution in [-0.2, 0) is 16.1 Å². The summed E-state index contributed by atoms with van der Waals surface area (Å²) in [7, 11) is 0. The van der Waals surface area contributed by atoms with E-state index in [0.29, 0.717) is 45.9 Å². The van der Waals surface area contributed by atoms with Crippen LogP contribution in [0.4, 0.5) is 0 Å². The first-order chi connectivity index (χ1) is 16.0. The van der Waals surface area contributed by atoms with E-state index in [-0.39, 0.29) is 11.6 Å². The van der Waals surface area contributed by atoms with Crippen molar-refractivity contribution in [3.8, 4) is 11.5 Å². The third kappa shape index (κ3) is 5.21. The molecule has 7 heteroatoms. The largest absolute Gasteiger partial charge is 0.490 e. The number of halogens is 2. The van der Waals surface area contributed by atoms with Gasteiger partial charge in [-0.05, 0) is 60.9 Å². The standard InChI is InChI=1S/C26H21Cl2NO4/c1-3-31-23-14-17(12-21(28)24(23)32-15-18-9-5-4-8-16(18)2)13-22-26(30)33-25(29-22)19-10-6-7-11-20(19)27/h4-14H,3,15H2,1-2H3/b22-13+. The first kappa shape index (κ1) is 22.9. The highest BCUT2D eigenvalue weighted by Crippen LogP contribution is 2.38. The summed E-state index contributed by atoms with van der Waals surface area (Å²) in [6, 6.07) is 18.5. The second-order valence-corrected chi connectivity index (χ2v) is 8.11. The molecule has 0 bridgehead atoms. The lowest BCUT2D eigenvalue weighted by Gasteiger charge is -2.15. The topological polar surface area (TPSA) is 57.1 Å². The number of carbonyl (C=O) groups excluding carboxylic acids is 1. The Balaban J connectivity index is 1.63. The SMILES string of the molecule is CCOc1cc(/C=C2/N=C(c3ccccc3Cl)OC2=O)cc(Cl)c1OCc1ccccc1C. The summed E-state index contributed by atoms with van der Waals surface area (Å²) in [6.45, 7) is 4.68. The van der Waals surface area contributed by atoms with Crippen molar-refractivity contribution in [2.45, 2.75) is 20.5 Å². The van der Waals surface area contributed by atoms with Gasteiger partial charge in [-0.15, -0.1) is 0 Å². The van der Waals surface area contributed by atoms with Gasteiger partial charge in [0.05, 0.1) is 22.2 Å². The van der Waals surface area contributed by atoms with Crippen LogP contribution in [0.2, 0.25) is 10.0 Å². The van der Waals surface area contributed by atoms with E-state index in [1.807, 2.05) is 38.1 Å². The number of esters is 1. The third-order valence-corrected chi connectivity index (χ3v) is 5.60. The smallest absolute Gasteiger partial charge is 0.363 e. The third-order valence-electron chi connectivity index (χ3n) is 4.99. The maximum absolute atomic E-state index is 12.4. The fourth-order valence-electron chi connectivity index (χ4n) is 3.31. The predicted octanol–water partition coefficient (Wildman–Crippen LogP) is 6.62. The van der Waals surface area contributed by atoms with Crippen molar-refractivity contribution in [1.82, 2.24) is 0 Å². The molecule has 0 amide bonds. The Labute approximate surface area is 202 Å². The molecular weight excluding hydrogens is 461 g/mol. The van der Waals surface area contributed by atoms with Crippen LogP contribution in [0.3, 0.4) is 0 Å². The number of nitrogens with zero attached hydrogens (tertiary/aromatic N) is 1. The zero-order chi connectivity index (χ0) is 23.4. The van der Waals surface area contributed by atoms with Crippen molar-refractivity contribution in [1.29, 1.82) is 0 Å². The van der Waals surface area contributed by atoms with Crippen molar-refractivity contribution >= 4 is 41.1 Å². The Morgan fingerprint density at radius 1 is 1.00 bits per heavy atom. The zero-order valence-corrected chi connectivity index (χ0v) is 19.6. The number of aryl methyl sites for hydroxylation is 1. The summed E-state index contributed by atoms with van der Waals surface area (Å²) < 4.78 is 17.1. The van der Waals surface area contributed by atoms with Crippen LogP contribution in [0, 0.1) is 6.92 Å². The highest BCUT2D eigenvalue weighted by molar-refractivity contribution is 6.34. The number of rotatable bonds is 7. The van der Waals surface area contributed by atoms with Crippen molar-refractivity contribution in [3.63, 3.8) is 0 Å². The Bertz CT molecular complexity index is 1270. The Kier molecular flexibility index (Phi) is 7.02. The van der Waals surface area contributed by atoms with E-state index < -0.39 is 5.97 Å². The molecule has 33 heavy (non-hydrogen) atoms. The molecular formula is C26H21Cl2NO4. The molecule has 3 aromatic rings. The molecule has 0 atom stereocenters. The quantitative estimate of drug-likeness (QED) is 0.280. The average molecular weight is 482 g/mol. The fraction of sp³-hybridized carbons (Fsp3) is 0.154. The Morgan fingerprint density at radius 2 is 1.76 bits per heavy atom. The molecule has 0 aliphatic carbocycles. The lowest BCUT2D eigenvalue weighted by atomic mass is 10.1. The van der Waals surface area contributed by atoms with E-state index in [1.54, 1.807) is 42.5 Å². The van der Waals surface area contributed by atoms with Crippen LogP contribution in [0.1, 0.15) is 29.2 Å². The molecule has 0 fully saturated rings. The monoisotopic (exact) mass is 481 g/mol. The Hall–Kier alpha value is -3.28. The number of carbonyl (C=O) groups is 1. The summed E-state index contributed by atoms with van der Waals surface area (Å²) >= 11 is 12.7. The molecule has 0 aromatic heterocycles. The number of ether oxygens (including phenoxy) is 3. The molecule has 168 valence electrons. The van der Waals surface area contributed by atoms with E-state index >= 15 is 0 Å². The summed E-state index contributed by atoms with van der Waals surface area (Å²) in [4.78, 5) is 16.7. The fourth-order valence-corrected chi connectivity index (χ4v) is 3.80. The van der Waals surface area contributed by atoms with E-state index in [1.165, 1.54) is 0 Å². The van der Waals surface area contributed by atoms with Crippen molar-refractivity contribution in [2.75, 3.05) is 6.61 Å². The maximum atomic E-state index is 12.4. The van der Waals surface area contributed by atoms with Gasteiger partial charge in [0.1, 0.15) is 6.61 Å². The lowest BCUT2D eigenvalue weighted by molar-refractivity contribution is -0.129. The Morgan fingerprint density at radius 3 is 2.52 bits per heavy atom. The van der Waals surface area contributed by atoms with Gasteiger partial charge in [0.25, 0.3) is 0 Å². The number of cyclic esters (lactones) is 1. The lowest BCUT2D eigenvalue weighted by Crippen LogP contribution is -2.05. The van der Waals surface area contributed by atoms with Crippen LogP contribution in [0.5, 0.6) is 11.5 Å². The van der Waals surface area contributed by atoms with Gasteiger partial charge in [-0.25, -0.2) is 9.79 Å². The van der Waals surface area contributed by atoms with E-state index in [9.17, 15) is 4.79 Å². The molecule has 0 unspecified atom stereocenters. The van der Waals surface area contributed by atoms with Gasteiger partial charge in [-0.3, -0.25) is 0 Å². The summed E-state index contributed by atoms with van der Waals surface area (Å²) in [5, 5.41) is 0.810. The van der Waals surface area contributed by atoms with Crippen molar-refractivity contribution < 1.29 is 19.0 Å². The van der Waals surface area contributed by atoms with Crippen LogP contribution >= 0.6 is 23.2 Å². The van der Waals surface area contributed by atoms with Gasteiger partial charge >= 0.3 is 5.97 Å². The highest BCUT2D eigenvalue weighted by atomic mass is 35.5. The highest BCUT2D eigenvalue weighted by Gasteiger charge is 2.26. The molecule has 1 aliphatic heterocycles. The summed E-state index contributed by atoms with van der Waals surface area (Å²) in [6.07, 6.45) is 1.59. The van der Waals surface area contributed by atoms with E-state index in [0.717, 1.165) is 11.1 Å². The number of aliphatic imine (C=N–C) groups is 1. The van der Waals surface area contributed by atoms with Crippen molar-refractivity contribution in [3.05, 3.63) is 98.7 Å². The second-order valence-electron chi connectivity index (χ2n) is 7.29. The van der Waals surface area contributed by atoms with Crippen LogP contribution in [0.25, 0.3) is 6.08 Å². The normalized spacial score (nSPS) is 14.2. The maximum Gasteiger partial charge on any atom is 0.363 e. The summed E-state index contributed by atoms with van der Waals surface area (Å²) in [5.74, 6) is 0.510. The number of hydrogen-bond acceptors (Lipinski definition) is 5. The van der Waals surface area contributed by atoms with Gasteiger partial charge < -0.3 is 14.2 Å². The molecule has 0 saturated heterocycles. The van der Waals surface area contributed by atoms with Gasteiger partial charge in [0.15, 0.2) is 17.2 Å². The molecule has 0 spiro atoms. The average Bonchev–Trinajstić information content (AvgIpc) is 3.14. The molecule has 0 N–H and O–H groups in total. The van der Waals surface area contributed by atoms with Crippen LogP contribution in [0.15, 0.2) is 71.4 Å². The molecule has 0 radical (unpaired) electrons. The van der Waals surface area contributed by atoms with Gasteiger partial charge in [-0.2, -0.15) is 0 Å². The predicted molar refractivity (Wildman–Crippen MR) is 130 cm³/mol. The number of benzene rings is 3. The first-order valence-corrected chi connectivity index (χ1v) is 11.1. The van der Waals surface area contributed by atoms with Gasteiger partial charge in [0.2, 0.25) is 5.90 Å². The van der Waals surface area contributed by atoms with Gasteiger partial charge in [-0.1, -0.05) is 59.6 Å². The molecule has 3 aromatic carbocycles. The zero-order valence-electron chi connectivity index (χ0n) is 18.1. The molecule has 4 rings (SSSR count). The van der Waals surface area contributed by atoms with Crippen molar-refractivity contribution in [2.24, 2.45) is 4.99 Å². The van der Waals surface area contributed by atoms with E-state index in [2.05, 4.69) is 4.99 Å². The second kappa shape index (κ2) is 10.1. The molecule has 5 nitrogen and oxygen atoms in total. The van der Waals surface area contributed by atoms with Crippen LogP contribution < -0.4 is 9.47 Å². The minimum absolute atomic E-state index is 0.136. The molecule has 0 saturated carbocycles. The number of hydrogen-bond donors (Lipinski definition) is 0. The van der Waals surface area contributed by atoms with Gasteiger partial charge in [0, 0.05) is 0 Å². The van der Waals surface area contributed by atoms with Crippen LogP contribution in [-0.4, -0.2) is 18.5 Å². The molecule has 1 heterocycles. The molecule has 1 aliphatic rings. The summed E-state index contributed by atoms with van der Waals surface area (Å²) in [5.41, 5.74) is 3.49. The van der Waals surface area contributed by atoms with E-state index in [4.69, 9.17) is 37.4 Å².